The van der Waals surface area contributed by atoms with Gasteiger partial charge in [-0.15, -0.1) is 0 Å². The van der Waals surface area contributed by atoms with Gasteiger partial charge in [-0.2, -0.15) is 0 Å². The van der Waals surface area contributed by atoms with Gasteiger partial charge < -0.3 is 24.6 Å². The molecule has 21 heavy (non-hydrogen) atoms. The molecule has 0 saturated carbocycles. The van der Waals surface area contributed by atoms with Gasteiger partial charge in [0, 0.05) is 30.4 Å². The number of aromatic hydroxyl groups is 1. The highest BCUT2D eigenvalue weighted by Gasteiger charge is 2.04. The van der Waals surface area contributed by atoms with Crippen molar-refractivity contribution in [1.82, 2.24) is 0 Å². The number of phenolic OH excluding ortho intramolecular Hbond substituents is 1. The fourth-order valence-electron chi connectivity index (χ4n) is 1.95. The molecule has 5 heteroatoms. The summed E-state index contributed by atoms with van der Waals surface area (Å²) in [6.07, 6.45) is 0. The van der Waals surface area contributed by atoms with E-state index in [-0.39, 0.29) is 5.75 Å². The van der Waals surface area contributed by atoms with E-state index in [1.165, 1.54) is 7.11 Å². The van der Waals surface area contributed by atoms with Gasteiger partial charge in [-0.3, -0.25) is 0 Å². The van der Waals surface area contributed by atoms with E-state index in [2.05, 4.69) is 5.32 Å². The van der Waals surface area contributed by atoms with Gasteiger partial charge >= 0.3 is 0 Å². The normalized spacial score (nSPS) is 10.0. The van der Waals surface area contributed by atoms with E-state index >= 15 is 0 Å². The SMILES string of the molecule is COc1cc(NCc2ccc(O)c(OC)c2)cc(OC)c1. The van der Waals surface area contributed by atoms with Crippen molar-refractivity contribution in [2.45, 2.75) is 6.54 Å². The predicted octanol–water partition coefficient (Wildman–Crippen LogP) is 3.03. The van der Waals surface area contributed by atoms with Gasteiger partial charge in [-0.25, -0.2) is 0 Å². The number of benzene rings is 2. The van der Waals surface area contributed by atoms with Gasteiger partial charge in [0.1, 0.15) is 11.5 Å². The molecule has 0 aliphatic rings. The smallest absolute Gasteiger partial charge is 0.160 e. The van der Waals surface area contributed by atoms with Crippen molar-refractivity contribution < 1.29 is 19.3 Å². The van der Waals surface area contributed by atoms with E-state index in [0.717, 1.165) is 22.7 Å². The molecular weight excluding hydrogens is 270 g/mol. The van der Waals surface area contributed by atoms with Crippen LogP contribution in [0.25, 0.3) is 0 Å². The first-order chi connectivity index (χ1) is 10.2. The van der Waals surface area contributed by atoms with Crippen LogP contribution >= 0.6 is 0 Å². The van der Waals surface area contributed by atoms with Crippen molar-refractivity contribution in [3.05, 3.63) is 42.0 Å². The highest BCUT2D eigenvalue weighted by atomic mass is 16.5. The molecule has 0 aliphatic carbocycles. The molecule has 0 fully saturated rings. The van der Waals surface area contributed by atoms with E-state index < -0.39 is 0 Å². The molecule has 0 heterocycles. The Morgan fingerprint density at radius 3 is 2.14 bits per heavy atom. The summed E-state index contributed by atoms with van der Waals surface area (Å²) in [4.78, 5) is 0. The summed E-state index contributed by atoms with van der Waals surface area (Å²) in [6.45, 7) is 0.590. The molecule has 0 unspecified atom stereocenters. The Kier molecular flexibility index (Phi) is 4.77. The minimum absolute atomic E-state index is 0.129. The highest BCUT2D eigenvalue weighted by molar-refractivity contribution is 5.54. The number of anilines is 1. The zero-order valence-electron chi connectivity index (χ0n) is 12.3. The molecular formula is C16H19NO4. The lowest BCUT2D eigenvalue weighted by molar-refractivity contribution is 0.373. The molecule has 0 saturated heterocycles. The number of rotatable bonds is 6. The van der Waals surface area contributed by atoms with Crippen LogP contribution in [0.15, 0.2) is 36.4 Å². The molecule has 0 amide bonds. The first kappa shape index (κ1) is 14.8. The van der Waals surface area contributed by atoms with Crippen LogP contribution in [0.4, 0.5) is 5.69 Å². The molecule has 2 N–H and O–H groups in total. The van der Waals surface area contributed by atoms with Crippen molar-refractivity contribution in [2.24, 2.45) is 0 Å². The monoisotopic (exact) mass is 289 g/mol. The first-order valence-corrected chi connectivity index (χ1v) is 6.49. The third-order valence-corrected chi connectivity index (χ3v) is 3.09. The second-order valence-electron chi connectivity index (χ2n) is 4.46. The van der Waals surface area contributed by atoms with Crippen molar-refractivity contribution in [2.75, 3.05) is 26.6 Å². The van der Waals surface area contributed by atoms with Gasteiger partial charge in [0.15, 0.2) is 11.5 Å². The van der Waals surface area contributed by atoms with Gasteiger partial charge in [-0.1, -0.05) is 6.07 Å². The summed E-state index contributed by atoms with van der Waals surface area (Å²) in [5, 5.41) is 12.9. The first-order valence-electron chi connectivity index (χ1n) is 6.49. The minimum Gasteiger partial charge on any atom is -0.504 e. The van der Waals surface area contributed by atoms with Crippen molar-refractivity contribution in [3.63, 3.8) is 0 Å². The minimum atomic E-state index is 0.129. The molecule has 5 nitrogen and oxygen atoms in total. The molecule has 0 spiro atoms. The maximum atomic E-state index is 9.58. The van der Waals surface area contributed by atoms with Gasteiger partial charge in [-0.05, 0) is 17.7 Å². The van der Waals surface area contributed by atoms with E-state index in [0.29, 0.717) is 12.3 Å². The van der Waals surface area contributed by atoms with Crippen LogP contribution in [-0.2, 0) is 6.54 Å². The van der Waals surface area contributed by atoms with Crippen LogP contribution in [0, 0.1) is 0 Å². The Hall–Kier alpha value is -2.56. The number of hydrogen-bond acceptors (Lipinski definition) is 5. The number of nitrogens with one attached hydrogen (secondary N) is 1. The molecule has 112 valence electrons. The van der Waals surface area contributed by atoms with Crippen LogP contribution in [0.3, 0.4) is 0 Å². The third-order valence-electron chi connectivity index (χ3n) is 3.09. The van der Waals surface area contributed by atoms with Crippen molar-refractivity contribution >= 4 is 5.69 Å². The Labute approximate surface area is 124 Å². The molecule has 2 aromatic carbocycles. The summed E-state index contributed by atoms with van der Waals surface area (Å²) in [5.41, 5.74) is 1.88. The lowest BCUT2D eigenvalue weighted by Gasteiger charge is -2.11. The Balaban J connectivity index is 2.12. The maximum absolute atomic E-state index is 9.58. The third kappa shape index (κ3) is 3.72. The Bertz CT molecular complexity index is 591. The Morgan fingerprint density at radius 2 is 1.57 bits per heavy atom. The highest BCUT2D eigenvalue weighted by Crippen LogP contribution is 2.28. The second-order valence-corrected chi connectivity index (χ2v) is 4.46. The van der Waals surface area contributed by atoms with E-state index in [1.54, 1.807) is 26.4 Å². The zero-order valence-corrected chi connectivity index (χ0v) is 12.3. The van der Waals surface area contributed by atoms with E-state index in [4.69, 9.17) is 14.2 Å². The summed E-state index contributed by atoms with van der Waals surface area (Å²) < 4.78 is 15.6. The van der Waals surface area contributed by atoms with Crippen LogP contribution in [0.1, 0.15) is 5.56 Å². The summed E-state index contributed by atoms with van der Waals surface area (Å²) in [7, 11) is 4.76. The molecule has 0 aliphatic heterocycles. The lowest BCUT2D eigenvalue weighted by atomic mass is 10.2. The Morgan fingerprint density at radius 1 is 0.905 bits per heavy atom. The number of methoxy groups -OCH3 is 3. The summed E-state index contributed by atoms with van der Waals surface area (Å²) in [5.74, 6) is 2.03. The van der Waals surface area contributed by atoms with Gasteiger partial charge in [0.2, 0.25) is 0 Å². The van der Waals surface area contributed by atoms with Gasteiger partial charge in [0.25, 0.3) is 0 Å². The largest absolute Gasteiger partial charge is 0.504 e. The quantitative estimate of drug-likeness (QED) is 0.856. The summed E-state index contributed by atoms with van der Waals surface area (Å²) >= 11 is 0. The number of hydrogen-bond donors (Lipinski definition) is 2. The number of phenols is 1. The molecule has 0 bridgehead atoms. The second kappa shape index (κ2) is 6.74. The summed E-state index contributed by atoms with van der Waals surface area (Å²) in [6, 6.07) is 10.8. The zero-order chi connectivity index (χ0) is 15.2. The van der Waals surface area contributed by atoms with Crippen LogP contribution in [-0.4, -0.2) is 26.4 Å². The lowest BCUT2D eigenvalue weighted by Crippen LogP contribution is -2.00. The predicted molar refractivity (Wildman–Crippen MR) is 81.5 cm³/mol. The molecule has 0 radical (unpaired) electrons. The molecule has 2 aromatic rings. The molecule has 2 rings (SSSR count). The maximum Gasteiger partial charge on any atom is 0.160 e. The number of ether oxygens (including phenoxy) is 3. The average molecular weight is 289 g/mol. The molecule has 0 aromatic heterocycles. The van der Waals surface area contributed by atoms with Crippen LogP contribution in [0.2, 0.25) is 0 Å². The fraction of sp³-hybridized carbons (Fsp3) is 0.250. The average Bonchev–Trinajstić information content (AvgIpc) is 2.53. The van der Waals surface area contributed by atoms with Gasteiger partial charge in [0.05, 0.1) is 21.3 Å². The van der Waals surface area contributed by atoms with Crippen LogP contribution < -0.4 is 19.5 Å². The standard InChI is InChI=1S/C16H19NO4/c1-19-13-7-12(8-14(9-13)20-2)17-10-11-4-5-15(18)16(6-11)21-3/h4-9,17-18H,10H2,1-3H3. The van der Waals surface area contributed by atoms with E-state index in [9.17, 15) is 5.11 Å². The molecule has 0 atom stereocenters. The fourth-order valence-corrected chi connectivity index (χ4v) is 1.95. The van der Waals surface area contributed by atoms with E-state index in [1.807, 2.05) is 24.3 Å². The topological polar surface area (TPSA) is 60.0 Å². The van der Waals surface area contributed by atoms with Crippen molar-refractivity contribution in [3.8, 4) is 23.0 Å². The van der Waals surface area contributed by atoms with Crippen LogP contribution in [0.5, 0.6) is 23.0 Å². The van der Waals surface area contributed by atoms with Crippen molar-refractivity contribution in [1.29, 1.82) is 0 Å².